The van der Waals surface area contributed by atoms with Crippen LogP contribution in [0.4, 0.5) is 5.95 Å². The molecule has 1 rings (SSSR count). The number of anilines is 1. The van der Waals surface area contributed by atoms with E-state index in [0.717, 1.165) is 0 Å². The zero-order valence-electron chi connectivity index (χ0n) is 5.99. The lowest BCUT2D eigenvalue weighted by molar-refractivity contribution is -0.485. The van der Waals surface area contributed by atoms with Gasteiger partial charge in [-0.2, -0.15) is 0 Å². The molecule has 3 N–H and O–H groups in total. The molecule has 13 heavy (non-hydrogen) atoms. The minimum Gasteiger partial charge on any atom is -0.787 e. The minimum absolute atomic E-state index is 0.00231. The van der Waals surface area contributed by atoms with Crippen LogP contribution >= 0.6 is 0 Å². The van der Waals surface area contributed by atoms with Gasteiger partial charge in [0.15, 0.2) is 5.03 Å². The summed E-state index contributed by atoms with van der Waals surface area (Å²) in [6.07, 6.45) is 0. The number of nitro groups is 1. The molecule has 0 bridgehead atoms. The van der Waals surface area contributed by atoms with Crippen LogP contribution in [0.15, 0.2) is 5.10 Å². The molecule has 0 saturated heterocycles. The number of nitrogens with two attached hydrogens (primary N) is 1. The first-order valence-corrected chi connectivity index (χ1v) is 2.81. The minimum atomic E-state index is -1.03. The summed E-state index contributed by atoms with van der Waals surface area (Å²) >= 11 is 0. The van der Waals surface area contributed by atoms with Gasteiger partial charge in [-0.3, -0.25) is 5.32 Å². The van der Waals surface area contributed by atoms with E-state index < -0.39 is 11.0 Å². The number of nitrogens with zero attached hydrogens (tertiary/aromatic N) is 6. The summed E-state index contributed by atoms with van der Waals surface area (Å²) < 4.78 is 0. The lowest BCUT2D eigenvalue weighted by atomic mass is 10.9. The first-order valence-electron chi connectivity index (χ1n) is 2.81. The molecule has 0 aliphatic heterocycles. The monoisotopic (exact) mass is 187 g/mol. The lowest BCUT2D eigenvalue weighted by Gasteiger charge is -2.05. The van der Waals surface area contributed by atoms with Crippen LogP contribution in [0.25, 0.3) is 0 Å². The van der Waals surface area contributed by atoms with Crippen molar-refractivity contribution in [2.75, 3.05) is 5.32 Å². The molecule has 0 spiro atoms. The van der Waals surface area contributed by atoms with E-state index in [2.05, 4.69) is 20.6 Å². The Hall–Kier alpha value is -2.46. The Balaban J connectivity index is 2.70. The van der Waals surface area contributed by atoms with Crippen LogP contribution in [0.1, 0.15) is 0 Å². The highest BCUT2D eigenvalue weighted by Crippen LogP contribution is 1.94. The van der Waals surface area contributed by atoms with Gasteiger partial charge >= 0.3 is 0 Å². The van der Waals surface area contributed by atoms with Crippen LogP contribution in [0.3, 0.4) is 0 Å². The molecule has 70 valence electrons. The Morgan fingerprint density at radius 3 is 2.92 bits per heavy atom. The summed E-state index contributed by atoms with van der Waals surface area (Å²) in [5.74, 6) is -0.972. The van der Waals surface area contributed by atoms with Gasteiger partial charge in [-0.25, -0.2) is 15.0 Å². The van der Waals surface area contributed by atoms with Crippen molar-refractivity contribution in [1.82, 2.24) is 20.4 Å². The summed E-state index contributed by atoms with van der Waals surface area (Å²) in [6.45, 7) is 0. The predicted octanol–water partition coefficient (Wildman–Crippen LogP) is -2.06. The molecule has 0 aliphatic carbocycles. The van der Waals surface area contributed by atoms with Crippen LogP contribution in [0, 0.1) is 15.3 Å². The first-order chi connectivity index (χ1) is 6.09. The third kappa shape index (κ3) is 2.25. The number of hydrazone groups is 1. The third-order valence-electron chi connectivity index (χ3n) is 0.871. The van der Waals surface area contributed by atoms with Crippen LogP contribution in [0.2, 0.25) is 0 Å². The second kappa shape index (κ2) is 3.29. The number of guanidine groups is 1. The highest BCUT2D eigenvalue weighted by atomic mass is 16.7. The quantitative estimate of drug-likeness (QED) is 0.231. The fraction of sp³-hybridized carbons (Fsp3) is 0. The maximum absolute atomic E-state index is 10.6. The largest absolute Gasteiger partial charge is 0.787 e. The van der Waals surface area contributed by atoms with Gasteiger partial charge in [-0.15, -0.1) is 0 Å². The first kappa shape index (κ1) is 8.63. The fourth-order valence-corrected chi connectivity index (χ4v) is 0.480. The molecule has 1 aromatic heterocycles. The zero-order chi connectivity index (χ0) is 9.84. The van der Waals surface area contributed by atoms with Crippen molar-refractivity contribution in [2.45, 2.75) is 0 Å². The number of hydrogen-bond acceptors (Lipinski definition) is 6. The molecule has 0 aliphatic rings. The number of tetrazole rings is 1. The fourth-order valence-electron chi connectivity index (χ4n) is 0.480. The van der Waals surface area contributed by atoms with E-state index in [4.69, 9.17) is 5.73 Å². The van der Waals surface area contributed by atoms with Crippen LogP contribution in [-0.4, -0.2) is 31.4 Å². The molecular weight excluding hydrogens is 184 g/mol. The molecule has 1 aromatic rings. The maximum Gasteiger partial charge on any atom is 0.272 e. The number of rotatable bonds is 2. The van der Waals surface area contributed by atoms with Gasteiger partial charge in [0.05, 0.1) is 0 Å². The van der Waals surface area contributed by atoms with Gasteiger partial charge in [0.25, 0.3) is 5.96 Å². The molecule has 0 amide bonds. The van der Waals surface area contributed by atoms with Gasteiger partial charge in [0.2, 0.25) is 5.95 Å². The SMILES string of the molecule is N/C(=N\[N+](=O)[O-])Nc1nnnn1[O-]. The molecule has 0 aromatic carbocycles. The third-order valence-corrected chi connectivity index (χ3v) is 0.871. The second-order valence-electron chi connectivity index (χ2n) is 1.72. The van der Waals surface area contributed by atoms with Gasteiger partial charge in [0.1, 0.15) is 5.10 Å². The van der Waals surface area contributed by atoms with E-state index >= 15 is 0 Å². The van der Waals surface area contributed by atoms with Crippen molar-refractivity contribution in [3.05, 3.63) is 15.3 Å². The normalized spacial score (nSPS) is 11.2. The van der Waals surface area contributed by atoms with Crippen molar-refractivity contribution in [1.29, 1.82) is 0 Å². The van der Waals surface area contributed by atoms with Crippen molar-refractivity contribution in [3.8, 4) is 0 Å². The van der Waals surface area contributed by atoms with E-state index in [1.165, 1.54) is 0 Å². The van der Waals surface area contributed by atoms with Crippen molar-refractivity contribution in [2.24, 2.45) is 10.8 Å². The van der Waals surface area contributed by atoms with Gasteiger partial charge < -0.3 is 10.9 Å². The van der Waals surface area contributed by atoms with E-state index in [9.17, 15) is 15.3 Å². The van der Waals surface area contributed by atoms with Crippen LogP contribution in [0.5, 0.6) is 0 Å². The Morgan fingerprint density at radius 2 is 2.46 bits per heavy atom. The molecule has 11 heteroatoms. The lowest BCUT2D eigenvalue weighted by Crippen LogP contribution is -2.25. The Morgan fingerprint density at radius 1 is 1.77 bits per heavy atom. The Bertz CT molecular complexity index is 341. The van der Waals surface area contributed by atoms with Crippen molar-refractivity contribution in [3.63, 3.8) is 0 Å². The van der Waals surface area contributed by atoms with E-state index in [-0.39, 0.29) is 10.8 Å². The molecule has 1 heterocycles. The summed E-state index contributed by atoms with van der Waals surface area (Å²) in [5.41, 5.74) is 4.98. The molecule has 0 radical (unpaired) electrons. The van der Waals surface area contributed by atoms with E-state index in [1.54, 1.807) is 0 Å². The van der Waals surface area contributed by atoms with Gasteiger partial charge in [-0.1, -0.05) is 5.10 Å². The highest BCUT2D eigenvalue weighted by Gasteiger charge is 2.03. The molecule has 0 saturated carbocycles. The van der Waals surface area contributed by atoms with E-state index in [1.807, 2.05) is 5.32 Å². The predicted molar refractivity (Wildman–Crippen MR) is 38.8 cm³/mol. The summed E-state index contributed by atoms with van der Waals surface area (Å²) in [7, 11) is 0. The van der Waals surface area contributed by atoms with Gasteiger partial charge in [0, 0.05) is 0 Å². The van der Waals surface area contributed by atoms with Crippen LogP contribution in [-0.2, 0) is 0 Å². The van der Waals surface area contributed by atoms with Crippen LogP contribution < -0.4 is 11.1 Å². The zero-order valence-corrected chi connectivity index (χ0v) is 5.99. The molecule has 11 nitrogen and oxygen atoms in total. The molecule has 0 fully saturated rings. The molecule has 0 atom stereocenters. The summed E-state index contributed by atoms with van der Waals surface area (Å²) in [5, 5.41) is 33.0. The van der Waals surface area contributed by atoms with Crippen molar-refractivity contribution >= 4 is 11.9 Å². The van der Waals surface area contributed by atoms with E-state index in [0.29, 0.717) is 0 Å². The number of aromatic nitrogens is 4. The number of hydrogen-bond donors (Lipinski definition) is 2. The van der Waals surface area contributed by atoms with Crippen molar-refractivity contribution < 1.29 is 5.03 Å². The number of nitrogens with one attached hydrogen (secondary N) is 1. The maximum atomic E-state index is 10.6. The second-order valence-corrected chi connectivity index (χ2v) is 1.72. The Kier molecular flexibility index (Phi) is 2.19. The average molecular weight is 187 g/mol. The standard InChI is InChI=1S/C2H3N8O3/c3-1(6-10(12)13)4-2-5-7-8-9(2)11/h(H3,3,4,5,6,8)/q-1. The highest BCUT2D eigenvalue weighted by molar-refractivity contribution is 5.89. The smallest absolute Gasteiger partial charge is 0.272 e. The molecular formula is C2H3N8O3-. The average Bonchev–Trinajstić information content (AvgIpc) is 2.34. The summed E-state index contributed by atoms with van der Waals surface area (Å²) in [6, 6.07) is 0. The molecule has 0 unspecified atom stereocenters. The summed E-state index contributed by atoms with van der Waals surface area (Å²) in [4.78, 5) is 9.79. The Labute approximate surface area is 69.9 Å². The topological polar surface area (TPSA) is 160 Å². The van der Waals surface area contributed by atoms with Gasteiger partial charge in [-0.05, 0) is 10.4 Å².